The summed E-state index contributed by atoms with van der Waals surface area (Å²) >= 11 is 1.43. The van der Waals surface area contributed by atoms with Crippen LogP contribution in [0.3, 0.4) is 0 Å². The standard InChI is InChI=1S/C31H31NO7S/c1-4-19-7-9-20(10-8-19)39-25-16-38-24-15-21(11-13-22(24)29(25)34)37-17-27(33)32-30-28(31(35)36-5-2)23-12-6-18(3)14-26(23)40-30/h7-11,13,15-16,18H,4-6,12,14,17H2,1-3H3,(H,32,33). The molecule has 0 saturated carbocycles. The molecule has 1 N–H and O–H groups in total. The predicted octanol–water partition coefficient (Wildman–Crippen LogP) is 6.53. The van der Waals surface area contributed by atoms with E-state index in [-0.39, 0.29) is 24.4 Å². The summed E-state index contributed by atoms with van der Waals surface area (Å²) < 4.78 is 22.3. The van der Waals surface area contributed by atoms with Gasteiger partial charge in [-0.3, -0.25) is 9.59 Å². The fourth-order valence-electron chi connectivity index (χ4n) is 4.74. The molecular formula is C31H31NO7S. The number of nitrogens with one attached hydrogen (secondary N) is 1. The van der Waals surface area contributed by atoms with Crippen LogP contribution in [-0.2, 0) is 28.8 Å². The largest absolute Gasteiger partial charge is 0.484 e. The third-order valence-electron chi connectivity index (χ3n) is 6.89. The van der Waals surface area contributed by atoms with E-state index in [4.69, 9.17) is 18.6 Å². The summed E-state index contributed by atoms with van der Waals surface area (Å²) in [4.78, 5) is 39.6. The van der Waals surface area contributed by atoms with Crippen molar-refractivity contribution in [2.24, 2.45) is 5.92 Å². The van der Waals surface area contributed by atoms with E-state index in [9.17, 15) is 14.4 Å². The molecule has 208 valence electrons. The molecule has 0 spiro atoms. The van der Waals surface area contributed by atoms with E-state index >= 15 is 0 Å². The molecule has 0 saturated heterocycles. The maximum Gasteiger partial charge on any atom is 0.341 e. The molecule has 40 heavy (non-hydrogen) atoms. The number of carbonyl (C=O) groups excluding carboxylic acids is 2. The lowest BCUT2D eigenvalue weighted by molar-refractivity contribution is -0.118. The number of thiophene rings is 1. The Balaban J connectivity index is 1.27. The summed E-state index contributed by atoms with van der Waals surface area (Å²) in [7, 11) is 0. The molecule has 0 fully saturated rings. The summed E-state index contributed by atoms with van der Waals surface area (Å²) in [6.45, 7) is 5.98. The lowest BCUT2D eigenvalue weighted by atomic mass is 9.88. The molecule has 5 rings (SSSR count). The van der Waals surface area contributed by atoms with E-state index in [2.05, 4.69) is 19.2 Å². The highest BCUT2D eigenvalue weighted by Gasteiger charge is 2.29. The normalized spacial score (nSPS) is 14.4. The van der Waals surface area contributed by atoms with Gasteiger partial charge in [0.1, 0.15) is 28.3 Å². The average molecular weight is 562 g/mol. The Labute approximate surface area is 235 Å². The fraction of sp³-hybridized carbons (Fsp3) is 0.323. The zero-order valence-corrected chi connectivity index (χ0v) is 23.5. The van der Waals surface area contributed by atoms with Crippen molar-refractivity contribution in [1.29, 1.82) is 0 Å². The number of benzene rings is 2. The van der Waals surface area contributed by atoms with Crippen LogP contribution in [0, 0.1) is 5.92 Å². The van der Waals surface area contributed by atoms with Crippen LogP contribution in [0.4, 0.5) is 5.00 Å². The van der Waals surface area contributed by atoms with E-state index < -0.39 is 11.9 Å². The number of aryl methyl sites for hydroxylation is 1. The van der Waals surface area contributed by atoms with Crippen molar-refractivity contribution >= 4 is 39.2 Å². The summed E-state index contributed by atoms with van der Waals surface area (Å²) in [6, 6.07) is 12.2. The topological polar surface area (TPSA) is 104 Å². The van der Waals surface area contributed by atoms with Gasteiger partial charge in [0, 0.05) is 10.9 Å². The first-order chi connectivity index (χ1) is 19.4. The molecule has 1 atom stereocenters. The van der Waals surface area contributed by atoms with Crippen LogP contribution >= 0.6 is 11.3 Å². The maximum absolute atomic E-state index is 12.9. The molecule has 1 unspecified atom stereocenters. The van der Waals surface area contributed by atoms with Gasteiger partial charge in [-0.2, -0.15) is 0 Å². The van der Waals surface area contributed by atoms with Crippen molar-refractivity contribution in [3.05, 3.63) is 80.5 Å². The number of carbonyl (C=O) groups is 2. The van der Waals surface area contributed by atoms with E-state index in [0.717, 1.165) is 36.1 Å². The second-order valence-corrected chi connectivity index (χ2v) is 10.9. The zero-order valence-electron chi connectivity index (χ0n) is 22.7. The number of anilines is 1. The maximum atomic E-state index is 12.9. The lowest BCUT2D eigenvalue weighted by Gasteiger charge is -2.18. The molecule has 2 aromatic heterocycles. The minimum Gasteiger partial charge on any atom is -0.484 e. The molecule has 2 aromatic carbocycles. The van der Waals surface area contributed by atoms with Crippen LogP contribution in [0.1, 0.15) is 53.6 Å². The summed E-state index contributed by atoms with van der Waals surface area (Å²) in [5.41, 5.74) is 2.59. The molecule has 0 aliphatic heterocycles. The Hall–Kier alpha value is -4.11. The lowest BCUT2D eigenvalue weighted by Crippen LogP contribution is -2.21. The molecule has 9 heteroatoms. The van der Waals surface area contributed by atoms with Crippen molar-refractivity contribution < 1.29 is 28.2 Å². The second-order valence-electron chi connectivity index (χ2n) is 9.80. The summed E-state index contributed by atoms with van der Waals surface area (Å²) in [5.74, 6) is 0.682. The quantitative estimate of drug-likeness (QED) is 0.232. The van der Waals surface area contributed by atoms with Gasteiger partial charge in [-0.05, 0) is 73.9 Å². The van der Waals surface area contributed by atoms with Crippen LogP contribution in [0.25, 0.3) is 11.0 Å². The highest BCUT2D eigenvalue weighted by molar-refractivity contribution is 7.17. The smallest absolute Gasteiger partial charge is 0.341 e. The number of hydrogen-bond donors (Lipinski definition) is 1. The van der Waals surface area contributed by atoms with E-state index in [1.165, 1.54) is 23.2 Å². The van der Waals surface area contributed by atoms with Crippen LogP contribution in [0.5, 0.6) is 17.2 Å². The summed E-state index contributed by atoms with van der Waals surface area (Å²) in [5, 5.41) is 3.66. The minimum absolute atomic E-state index is 0.0789. The first kappa shape index (κ1) is 27.5. The first-order valence-electron chi connectivity index (χ1n) is 13.4. The highest BCUT2D eigenvalue weighted by Crippen LogP contribution is 2.40. The fourth-order valence-corrected chi connectivity index (χ4v) is 6.16. The van der Waals surface area contributed by atoms with Crippen molar-refractivity contribution in [2.45, 2.75) is 46.5 Å². The molecule has 0 bridgehead atoms. The van der Waals surface area contributed by atoms with Gasteiger partial charge in [0.15, 0.2) is 6.61 Å². The van der Waals surface area contributed by atoms with Crippen molar-refractivity contribution in [3.63, 3.8) is 0 Å². The van der Waals surface area contributed by atoms with Gasteiger partial charge in [0.25, 0.3) is 5.91 Å². The van der Waals surface area contributed by atoms with Crippen molar-refractivity contribution in [3.8, 4) is 17.2 Å². The number of ether oxygens (including phenoxy) is 3. The molecule has 0 radical (unpaired) electrons. The third-order valence-corrected chi connectivity index (χ3v) is 8.06. The van der Waals surface area contributed by atoms with Crippen LogP contribution in [-0.4, -0.2) is 25.1 Å². The highest BCUT2D eigenvalue weighted by atomic mass is 32.1. The van der Waals surface area contributed by atoms with Crippen LogP contribution in [0.2, 0.25) is 0 Å². The first-order valence-corrected chi connectivity index (χ1v) is 14.2. The molecular weight excluding hydrogens is 530 g/mol. The molecule has 8 nitrogen and oxygen atoms in total. The van der Waals surface area contributed by atoms with Crippen molar-refractivity contribution in [1.82, 2.24) is 0 Å². The monoisotopic (exact) mass is 561 g/mol. The van der Waals surface area contributed by atoms with Crippen molar-refractivity contribution in [2.75, 3.05) is 18.5 Å². The summed E-state index contributed by atoms with van der Waals surface area (Å²) in [6.07, 6.45) is 4.83. The van der Waals surface area contributed by atoms with Crippen LogP contribution in [0.15, 0.2) is 57.9 Å². The second kappa shape index (κ2) is 12.0. The molecule has 4 aromatic rings. The third kappa shape index (κ3) is 5.89. The number of rotatable bonds is 9. The zero-order chi connectivity index (χ0) is 28.2. The number of amides is 1. The Morgan fingerprint density at radius 3 is 2.62 bits per heavy atom. The van der Waals surface area contributed by atoms with E-state index in [1.54, 1.807) is 25.1 Å². The number of esters is 1. The molecule has 2 heterocycles. The molecule has 1 aliphatic carbocycles. The predicted molar refractivity (Wildman–Crippen MR) is 154 cm³/mol. The molecule has 1 amide bonds. The van der Waals surface area contributed by atoms with Gasteiger partial charge in [-0.25, -0.2) is 4.79 Å². The Kier molecular flexibility index (Phi) is 8.21. The molecule has 1 aliphatic rings. The van der Waals surface area contributed by atoms with Gasteiger partial charge in [0.05, 0.1) is 17.6 Å². The van der Waals surface area contributed by atoms with Gasteiger partial charge < -0.3 is 23.9 Å². The Morgan fingerprint density at radius 2 is 1.88 bits per heavy atom. The van der Waals surface area contributed by atoms with E-state index in [0.29, 0.717) is 39.0 Å². The van der Waals surface area contributed by atoms with Gasteiger partial charge in [-0.1, -0.05) is 26.0 Å². The van der Waals surface area contributed by atoms with Gasteiger partial charge in [-0.15, -0.1) is 11.3 Å². The Bertz CT molecular complexity index is 1600. The van der Waals surface area contributed by atoms with E-state index in [1.807, 2.05) is 24.3 Å². The Morgan fingerprint density at radius 1 is 1.10 bits per heavy atom. The minimum atomic E-state index is -0.420. The van der Waals surface area contributed by atoms with Crippen LogP contribution < -0.4 is 20.2 Å². The number of fused-ring (bicyclic) bond motifs is 2. The van der Waals surface area contributed by atoms with Gasteiger partial charge in [0.2, 0.25) is 11.2 Å². The average Bonchev–Trinajstić information content (AvgIpc) is 3.30. The van der Waals surface area contributed by atoms with Gasteiger partial charge >= 0.3 is 5.97 Å². The SMILES string of the molecule is CCOC(=O)c1c(NC(=O)COc2ccc3c(=O)c(Oc4ccc(CC)cc4)coc3c2)sc2c1CCC(C)C2. The number of hydrogen-bond acceptors (Lipinski definition) is 8.